The second-order valence-electron chi connectivity index (χ2n) is 3.17. The van der Waals surface area contributed by atoms with Crippen molar-refractivity contribution in [1.82, 2.24) is 0 Å². The van der Waals surface area contributed by atoms with E-state index in [4.69, 9.17) is 0 Å². The summed E-state index contributed by atoms with van der Waals surface area (Å²) >= 11 is 0. The molecule has 1 rings (SSSR count). The average molecular weight is 226 g/mol. The van der Waals surface area contributed by atoms with Crippen LogP contribution in [0.25, 0.3) is 0 Å². The number of halogens is 3. The number of methoxy groups -OCH3 is 2. The Morgan fingerprint density at radius 2 is 1.33 bits per heavy atom. The minimum Gasteiger partial charge on any atom is -0.469 e. The Hall–Kier alpha value is -1.27. The Kier molecular flexibility index (Phi) is 2.92. The minimum atomic E-state index is -4.59. The first-order chi connectivity index (χ1) is 6.84. The highest BCUT2D eigenvalue weighted by Crippen LogP contribution is 2.56. The lowest BCUT2D eigenvalue weighted by Crippen LogP contribution is -2.17. The van der Waals surface area contributed by atoms with Crippen LogP contribution in [0.1, 0.15) is 0 Å². The summed E-state index contributed by atoms with van der Waals surface area (Å²) in [5, 5.41) is 0. The molecule has 0 aromatic carbocycles. The van der Waals surface area contributed by atoms with Crippen LogP contribution in [0.3, 0.4) is 0 Å². The number of hydrogen-bond acceptors (Lipinski definition) is 4. The average Bonchev–Trinajstić information content (AvgIpc) is 2.89. The second-order valence-corrected chi connectivity index (χ2v) is 3.17. The predicted octanol–water partition coefficient (Wildman–Crippen LogP) is 0.757. The summed E-state index contributed by atoms with van der Waals surface area (Å²) in [4.78, 5) is 21.9. The smallest absolute Gasteiger partial charge is 0.393 e. The van der Waals surface area contributed by atoms with Gasteiger partial charge in [-0.1, -0.05) is 0 Å². The molecule has 0 radical (unpaired) electrons. The standard InChI is InChI=1S/C8H9F3O4/c1-14-6(12)3-4(7(13)15-2)5(3)8(9,10)11/h3-5H,1-2H3. The summed E-state index contributed by atoms with van der Waals surface area (Å²) in [6.07, 6.45) is -4.59. The van der Waals surface area contributed by atoms with Gasteiger partial charge in [-0.25, -0.2) is 0 Å². The molecule has 0 spiro atoms. The van der Waals surface area contributed by atoms with Crippen LogP contribution in [0.4, 0.5) is 13.2 Å². The van der Waals surface area contributed by atoms with Gasteiger partial charge < -0.3 is 9.47 Å². The maximum atomic E-state index is 12.3. The largest absolute Gasteiger partial charge is 0.469 e. The lowest BCUT2D eigenvalue weighted by molar-refractivity contribution is -0.165. The molecule has 0 aromatic heterocycles. The van der Waals surface area contributed by atoms with Crippen molar-refractivity contribution in [2.75, 3.05) is 14.2 Å². The van der Waals surface area contributed by atoms with Crippen LogP contribution in [0.2, 0.25) is 0 Å². The maximum absolute atomic E-state index is 12.3. The Morgan fingerprint density at radius 3 is 1.53 bits per heavy atom. The van der Waals surface area contributed by atoms with Gasteiger partial charge in [-0.05, 0) is 0 Å². The molecule has 15 heavy (non-hydrogen) atoms. The molecular formula is C8H9F3O4. The summed E-state index contributed by atoms with van der Waals surface area (Å²) in [6, 6.07) is 0. The molecule has 0 amide bonds. The highest BCUT2D eigenvalue weighted by Gasteiger charge is 2.71. The molecule has 0 aliphatic heterocycles. The number of carbonyl (C=O) groups excluding carboxylic acids is 2. The van der Waals surface area contributed by atoms with E-state index in [0.717, 1.165) is 14.2 Å². The quantitative estimate of drug-likeness (QED) is 0.652. The third-order valence-corrected chi connectivity index (χ3v) is 2.34. The predicted molar refractivity (Wildman–Crippen MR) is 40.6 cm³/mol. The van der Waals surface area contributed by atoms with Crippen LogP contribution in [-0.4, -0.2) is 32.3 Å². The number of alkyl halides is 3. The van der Waals surface area contributed by atoms with Crippen LogP contribution in [0, 0.1) is 17.8 Å². The topological polar surface area (TPSA) is 52.6 Å². The fraction of sp³-hybridized carbons (Fsp3) is 0.750. The highest BCUT2D eigenvalue weighted by molar-refractivity contribution is 5.88. The van der Waals surface area contributed by atoms with Crippen molar-refractivity contribution >= 4 is 11.9 Å². The lowest BCUT2D eigenvalue weighted by atomic mass is 10.3. The first-order valence-corrected chi connectivity index (χ1v) is 4.07. The number of hydrogen-bond donors (Lipinski definition) is 0. The Morgan fingerprint density at radius 1 is 1.00 bits per heavy atom. The first-order valence-electron chi connectivity index (χ1n) is 4.07. The van der Waals surface area contributed by atoms with Gasteiger partial charge >= 0.3 is 18.1 Å². The molecule has 0 aromatic rings. The van der Waals surface area contributed by atoms with Gasteiger partial charge in [0.2, 0.25) is 0 Å². The van der Waals surface area contributed by atoms with Crippen LogP contribution in [0.15, 0.2) is 0 Å². The van der Waals surface area contributed by atoms with Gasteiger partial charge in [0, 0.05) is 0 Å². The van der Waals surface area contributed by atoms with E-state index in [2.05, 4.69) is 9.47 Å². The number of rotatable bonds is 2. The van der Waals surface area contributed by atoms with Crippen molar-refractivity contribution < 1.29 is 32.2 Å². The fourth-order valence-corrected chi connectivity index (χ4v) is 1.58. The summed E-state index contributed by atoms with van der Waals surface area (Å²) in [6.45, 7) is 0. The molecule has 2 atom stereocenters. The monoisotopic (exact) mass is 226 g/mol. The van der Waals surface area contributed by atoms with Gasteiger partial charge in [-0.15, -0.1) is 0 Å². The normalized spacial score (nSPS) is 29.5. The third-order valence-electron chi connectivity index (χ3n) is 2.34. The zero-order chi connectivity index (χ0) is 11.8. The summed E-state index contributed by atoms with van der Waals surface area (Å²) in [5.41, 5.74) is 0. The van der Waals surface area contributed by atoms with Gasteiger partial charge in [-0.2, -0.15) is 13.2 Å². The van der Waals surface area contributed by atoms with Crippen molar-refractivity contribution in [3.8, 4) is 0 Å². The summed E-state index contributed by atoms with van der Waals surface area (Å²) in [7, 11) is 1.95. The Balaban J connectivity index is 2.80. The van der Waals surface area contributed by atoms with Gasteiger partial charge in [0.15, 0.2) is 0 Å². The van der Waals surface area contributed by atoms with E-state index >= 15 is 0 Å². The molecule has 1 fully saturated rings. The molecule has 0 N–H and O–H groups in total. The molecule has 86 valence electrons. The fourth-order valence-electron chi connectivity index (χ4n) is 1.58. The van der Waals surface area contributed by atoms with Gasteiger partial charge in [0.05, 0.1) is 32.0 Å². The van der Waals surface area contributed by atoms with Gasteiger partial charge in [0.25, 0.3) is 0 Å². The maximum Gasteiger partial charge on any atom is 0.393 e. The number of ether oxygens (including phenoxy) is 2. The van der Waals surface area contributed by atoms with E-state index in [9.17, 15) is 22.8 Å². The zero-order valence-corrected chi connectivity index (χ0v) is 8.00. The van der Waals surface area contributed by atoms with Crippen LogP contribution >= 0.6 is 0 Å². The number of carbonyl (C=O) groups is 2. The highest BCUT2D eigenvalue weighted by atomic mass is 19.4. The van der Waals surface area contributed by atoms with E-state index in [1.54, 1.807) is 0 Å². The van der Waals surface area contributed by atoms with E-state index in [-0.39, 0.29) is 0 Å². The molecule has 1 aliphatic carbocycles. The molecule has 4 nitrogen and oxygen atoms in total. The Bertz CT molecular complexity index is 264. The van der Waals surface area contributed by atoms with Crippen molar-refractivity contribution in [1.29, 1.82) is 0 Å². The molecule has 0 bridgehead atoms. The molecule has 0 heterocycles. The third kappa shape index (κ3) is 2.05. The number of esters is 2. The SMILES string of the molecule is COC(=O)C1C(C(=O)OC)C1C(F)(F)F. The van der Waals surface area contributed by atoms with Crippen molar-refractivity contribution in [3.05, 3.63) is 0 Å². The van der Waals surface area contributed by atoms with Crippen molar-refractivity contribution in [3.63, 3.8) is 0 Å². The minimum absolute atomic E-state index is 0.975. The summed E-state index contributed by atoms with van der Waals surface area (Å²) in [5.74, 6) is -6.96. The van der Waals surface area contributed by atoms with Crippen LogP contribution < -0.4 is 0 Å². The first kappa shape index (κ1) is 11.8. The van der Waals surface area contributed by atoms with E-state index in [0.29, 0.717) is 0 Å². The van der Waals surface area contributed by atoms with Gasteiger partial charge in [-0.3, -0.25) is 9.59 Å². The lowest BCUT2D eigenvalue weighted by Gasteiger charge is -2.03. The van der Waals surface area contributed by atoms with Crippen LogP contribution in [-0.2, 0) is 19.1 Å². The second kappa shape index (κ2) is 3.71. The molecule has 7 heteroatoms. The molecule has 2 unspecified atom stereocenters. The summed E-state index contributed by atoms with van der Waals surface area (Å²) < 4.78 is 45.3. The zero-order valence-electron chi connectivity index (χ0n) is 8.00. The van der Waals surface area contributed by atoms with E-state index in [1.807, 2.05) is 0 Å². The molecule has 1 saturated carbocycles. The van der Waals surface area contributed by atoms with Crippen molar-refractivity contribution in [2.45, 2.75) is 6.18 Å². The van der Waals surface area contributed by atoms with Crippen LogP contribution in [0.5, 0.6) is 0 Å². The van der Waals surface area contributed by atoms with Gasteiger partial charge in [0.1, 0.15) is 0 Å². The van der Waals surface area contributed by atoms with E-state index in [1.165, 1.54) is 0 Å². The Labute approximate surface area is 83.3 Å². The van der Waals surface area contributed by atoms with Crippen molar-refractivity contribution in [2.24, 2.45) is 17.8 Å². The molecule has 0 saturated heterocycles. The van der Waals surface area contributed by atoms with E-state index < -0.39 is 35.9 Å². The molecule has 1 aliphatic rings. The molecular weight excluding hydrogens is 217 g/mol.